The van der Waals surface area contributed by atoms with Gasteiger partial charge in [-0.05, 0) is 55.3 Å². The van der Waals surface area contributed by atoms with Crippen LogP contribution in [0.5, 0.6) is 11.5 Å². The molecule has 2 atom stereocenters. The second kappa shape index (κ2) is 15.8. The topological polar surface area (TPSA) is 93.7 Å². The predicted molar refractivity (Wildman–Crippen MR) is 173 cm³/mol. The third-order valence-electron chi connectivity index (χ3n) is 8.84. The molecule has 5 rings (SSSR count). The highest BCUT2D eigenvalue weighted by atomic mass is 19.4. The van der Waals surface area contributed by atoms with Crippen LogP contribution >= 0.6 is 0 Å². The van der Waals surface area contributed by atoms with E-state index in [9.17, 15) is 35.9 Å². The molecule has 276 valence electrons. The summed E-state index contributed by atoms with van der Waals surface area (Å²) in [5, 5.41) is 0. The van der Waals surface area contributed by atoms with Gasteiger partial charge in [0.2, 0.25) is 5.60 Å². The summed E-state index contributed by atoms with van der Waals surface area (Å²) in [5.74, 6) is -1.05. The summed E-state index contributed by atoms with van der Waals surface area (Å²) >= 11 is 0. The van der Waals surface area contributed by atoms with Crippen molar-refractivity contribution < 1.29 is 54.9 Å². The lowest BCUT2D eigenvalue weighted by Crippen LogP contribution is -2.67. The van der Waals surface area contributed by atoms with Crippen molar-refractivity contribution in [3.63, 3.8) is 0 Å². The predicted octanol–water partition coefficient (Wildman–Crippen LogP) is 5.56. The highest BCUT2D eigenvalue weighted by Crippen LogP contribution is 2.37. The number of ether oxygens (including phenoxy) is 4. The molecule has 2 amide bonds. The highest BCUT2D eigenvalue weighted by molar-refractivity contribution is 5.96. The summed E-state index contributed by atoms with van der Waals surface area (Å²) in [6.07, 6.45) is -7.54. The number of rotatable bonds is 11. The van der Waals surface area contributed by atoms with Gasteiger partial charge in [-0.3, -0.25) is 14.6 Å². The first-order valence-electron chi connectivity index (χ1n) is 16.2. The van der Waals surface area contributed by atoms with Gasteiger partial charge in [0.25, 0.3) is 11.8 Å². The van der Waals surface area contributed by atoms with Crippen LogP contribution in [0.4, 0.5) is 32.0 Å². The van der Waals surface area contributed by atoms with Crippen molar-refractivity contribution in [2.75, 3.05) is 71.7 Å². The number of hydrogen-bond donors (Lipinski definition) is 0. The van der Waals surface area contributed by atoms with Crippen molar-refractivity contribution in [1.82, 2.24) is 14.8 Å². The molecule has 2 fully saturated rings. The van der Waals surface area contributed by atoms with Crippen molar-refractivity contribution in [3.05, 3.63) is 83.7 Å². The van der Waals surface area contributed by atoms with Crippen LogP contribution < -0.4 is 14.4 Å². The Hall–Kier alpha value is -4.57. The number of para-hydroxylation sites is 2. The van der Waals surface area contributed by atoms with E-state index in [0.717, 1.165) is 47.2 Å². The summed E-state index contributed by atoms with van der Waals surface area (Å²) in [4.78, 5) is 36.9. The molecule has 16 heteroatoms. The van der Waals surface area contributed by atoms with Gasteiger partial charge in [0, 0.05) is 52.8 Å². The summed E-state index contributed by atoms with van der Waals surface area (Å²) in [7, 11) is 3.04. The number of carbonyl (C=O) groups excluding carboxylic acids is 2. The zero-order valence-electron chi connectivity index (χ0n) is 28.0. The molecule has 0 saturated carbocycles. The van der Waals surface area contributed by atoms with Crippen molar-refractivity contribution in [3.8, 4) is 11.5 Å². The number of carbonyl (C=O) groups is 2. The Morgan fingerprint density at radius 2 is 1.65 bits per heavy atom. The fourth-order valence-corrected chi connectivity index (χ4v) is 6.43. The Morgan fingerprint density at radius 3 is 2.33 bits per heavy atom. The van der Waals surface area contributed by atoms with E-state index in [1.807, 2.05) is 29.2 Å². The number of alkyl halides is 6. The summed E-state index contributed by atoms with van der Waals surface area (Å²) < 4.78 is 105. The number of piperazine rings is 1. The molecule has 10 nitrogen and oxygen atoms in total. The first-order chi connectivity index (χ1) is 24.3. The number of nitrogens with zero attached hydrogens (tertiary/aromatic N) is 4. The van der Waals surface area contributed by atoms with Crippen LogP contribution in [0.15, 0.2) is 67.0 Å². The summed E-state index contributed by atoms with van der Waals surface area (Å²) in [6.45, 7) is 1.14. The normalized spacial score (nSPS) is 19.9. The second-order valence-electron chi connectivity index (χ2n) is 12.2. The Morgan fingerprint density at radius 1 is 0.902 bits per heavy atom. The van der Waals surface area contributed by atoms with Gasteiger partial charge in [0.1, 0.15) is 18.1 Å². The minimum atomic E-state index is -4.85. The van der Waals surface area contributed by atoms with E-state index in [1.165, 1.54) is 7.11 Å². The first kappa shape index (κ1) is 37.7. The van der Waals surface area contributed by atoms with Crippen LogP contribution in [0.1, 0.15) is 34.3 Å². The maximum absolute atomic E-state index is 14.8. The number of benzene rings is 2. The van der Waals surface area contributed by atoms with E-state index < -0.39 is 59.0 Å². The molecule has 2 saturated heterocycles. The van der Waals surface area contributed by atoms with Crippen LogP contribution in [0, 0.1) is 0 Å². The average molecular weight is 725 g/mol. The standard InChI is InChI=1S/C35H38F6N4O6/c1-48-18-19-50-30-7-4-3-6-29(30)43-16-17-45(25(21-43)22-49-2)32(47)33(51-26-10-8-24(9-11-26)34(36,37)38)13-5-15-44(23-33)31(46)27-20-42-14-12-28(27)35(39,40)41/h3-4,6-12,14,20,25H,5,13,15-19,21-23H2,1-2H3/t25?,33-/m0/s1. The smallest absolute Gasteiger partial charge is 0.417 e. The SMILES string of the molecule is COCCOc1ccccc1N1CCN(C(=O)[C@]2(Oc3ccc(C(F)(F)F)cc3)CCCN(C(=O)c3cnccc3C(F)(F)F)C2)C(COC)C1. The number of aromatic nitrogens is 1. The molecule has 1 aromatic heterocycles. The number of likely N-dealkylation sites (tertiary alicyclic amines) is 1. The van der Waals surface area contributed by atoms with Crippen molar-refractivity contribution in [2.24, 2.45) is 0 Å². The highest BCUT2D eigenvalue weighted by Gasteiger charge is 2.51. The van der Waals surface area contributed by atoms with Crippen LogP contribution in [0.25, 0.3) is 0 Å². The lowest BCUT2D eigenvalue weighted by Gasteiger charge is -2.48. The Labute approximate surface area is 290 Å². The molecule has 3 heterocycles. The van der Waals surface area contributed by atoms with Crippen LogP contribution in [-0.2, 0) is 26.6 Å². The van der Waals surface area contributed by atoms with Gasteiger partial charge in [-0.2, -0.15) is 26.3 Å². The third kappa shape index (κ3) is 8.67. The lowest BCUT2D eigenvalue weighted by molar-refractivity contribution is -0.157. The van der Waals surface area contributed by atoms with Crippen LogP contribution in [0.3, 0.4) is 0 Å². The third-order valence-corrected chi connectivity index (χ3v) is 8.84. The number of hydrogen-bond acceptors (Lipinski definition) is 8. The molecule has 2 aromatic carbocycles. The maximum atomic E-state index is 14.8. The van der Waals surface area contributed by atoms with E-state index in [1.54, 1.807) is 12.0 Å². The zero-order chi connectivity index (χ0) is 36.8. The molecule has 0 spiro atoms. The monoisotopic (exact) mass is 724 g/mol. The second-order valence-corrected chi connectivity index (χ2v) is 12.2. The van der Waals surface area contributed by atoms with Gasteiger partial charge >= 0.3 is 12.4 Å². The van der Waals surface area contributed by atoms with E-state index in [2.05, 4.69) is 4.98 Å². The molecule has 51 heavy (non-hydrogen) atoms. The fraction of sp³-hybridized carbons (Fsp3) is 0.457. The number of methoxy groups -OCH3 is 2. The Kier molecular flexibility index (Phi) is 11.6. The van der Waals surface area contributed by atoms with Gasteiger partial charge < -0.3 is 33.6 Å². The number of amides is 2. The average Bonchev–Trinajstić information content (AvgIpc) is 3.11. The number of pyridine rings is 1. The van der Waals surface area contributed by atoms with Gasteiger partial charge in [-0.15, -0.1) is 0 Å². The summed E-state index contributed by atoms with van der Waals surface area (Å²) in [6, 6.07) is 11.3. The largest absolute Gasteiger partial charge is 0.489 e. The fourth-order valence-electron chi connectivity index (χ4n) is 6.43. The zero-order valence-corrected chi connectivity index (χ0v) is 28.0. The van der Waals surface area contributed by atoms with E-state index >= 15 is 0 Å². The quantitative estimate of drug-likeness (QED) is 0.188. The van der Waals surface area contributed by atoms with Gasteiger partial charge in [0.15, 0.2) is 0 Å². The van der Waals surface area contributed by atoms with Crippen molar-refractivity contribution >= 4 is 17.5 Å². The summed E-state index contributed by atoms with van der Waals surface area (Å²) in [5.41, 5.74) is -3.89. The number of anilines is 1. The first-order valence-corrected chi connectivity index (χ1v) is 16.2. The van der Waals surface area contributed by atoms with Gasteiger partial charge in [-0.25, -0.2) is 0 Å². The minimum Gasteiger partial charge on any atom is -0.489 e. The molecule has 0 bridgehead atoms. The molecule has 2 aliphatic heterocycles. The molecule has 3 aromatic rings. The van der Waals surface area contributed by atoms with Crippen LogP contribution in [0.2, 0.25) is 0 Å². The molecular weight excluding hydrogens is 686 g/mol. The maximum Gasteiger partial charge on any atom is 0.417 e. The van der Waals surface area contributed by atoms with Crippen LogP contribution in [-0.4, -0.2) is 105 Å². The molecular formula is C35H38F6N4O6. The number of halogens is 6. The van der Waals surface area contributed by atoms with E-state index in [-0.39, 0.29) is 38.3 Å². The van der Waals surface area contributed by atoms with Gasteiger partial charge in [0.05, 0.1) is 48.2 Å². The van der Waals surface area contributed by atoms with E-state index in [4.69, 9.17) is 18.9 Å². The van der Waals surface area contributed by atoms with E-state index in [0.29, 0.717) is 38.1 Å². The molecule has 2 aliphatic rings. The molecule has 0 radical (unpaired) electrons. The van der Waals surface area contributed by atoms with Crippen molar-refractivity contribution in [2.45, 2.75) is 36.8 Å². The molecule has 0 aliphatic carbocycles. The van der Waals surface area contributed by atoms with Crippen molar-refractivity contribution in [1.29, 1.82) is 0 Å². The van der Waals surface area contributed by atoms with Gasteiger partial charge in [-0.1, -0.05) is 12.1 Å². The number of piperidine rings is 1. The Bertz CT molecular complexity index is 1660. The molecule has 0 N–H and O–H groups in total. The Balaban J connectivity index is 1.47. The molecule has 1 unspecified atom stereocenters. The lowest BCUT2D eigenvalue weighted by atomic mass is 9.89. The minimum absolute atomic E-state index is 0.00551.